The molecule has 1 aromatic rings. The molecule has 0 aromatic heterocycles. The SMILES string of the molecule is Clc1cc(Cl)cc(CC2CC[N]CC2)c1. The second-order valence-electron chi connectivity index (χ2n) is 4.10. The molecule has 1 heterocycles. The molecule has 2 rings (SSSR count). The van der Waals surface area contributed by atoms with E-state index >= 15 is 0 Å². The molecule has 1 fully saturated rings. The van der Waals surface area contributed by atoms with E-state index in [1.807, 2.05) is 12.1 Å². The lowest BCUT2D eigenvalue weighted by atomic mass is 9.91. The Labute approximate surface area is 101 Å². The van der Waals surface area contributed by atoms with Crippen LogP contribution in [-0.4, -0.2) is 13.1 Å². The maximum absolute atomic E-state index is 5.96. The van der Waals surface area contributed by atoms with Gasteiger partial charge in [0, 0.05) is 23.1 Å². The van der Waals surface area contributed by atoms with Crippen LogP contribution in [0.4, 0.5) is 0 Å². The van der Waals surface area contributed by atoms with Gasteiger partial charge in [-0.05, 0) is 48.9 Å². The van der Waals surface area contributed by atoms with Crippen molar-refractivity contribution >= 4 is 23.2 Å². The van der Waals surface area contributed by atoms with Crippen LogP contribution in [0.25, 0.3) is 0 Å². The fourth-order valence-electron chi connectivity index (χ4n) is 2.07. The Balaban J connectivity index is 2.02. The minimum Gasteiger partial charge on any atom is -0.242 e. The number of hydrogen-bond donors (Lipinski definition) is 0. The molecular weight excluding hydrogens is 229 g/mol. The topological polar surface area (TPSA) is 14.1 Å². The molecule has 0 aliphatic carbocycles. The number of piperidine rings is 1. The lowest BCUT2D eigenvalue weighted by molar-refractivity contribution is 0.368. The van der Waals surface area contributed by atoms with Gasteiger partial charge in [0.2, 0.25) is 0 Å². The summed E-state index contributed by atoms with van der Waals surface area (Å²) in [6.07, 6.45) is 3.48. The van der Waals surface area contributed by atoms with Crippen LogP contribution in [0.15, 0.2) is 18.2 Å². The first-order chi connectivity index (χ1) is 7.24. The maximum Gasteiger partial charge on any atom is 0.0423 e. The standard InChI is InChI=1S/C12H14Cl2N/c13-11-6-10(7-12(14)8-11)5-9-1-3-15-4-2-9/h6-9H,1-5H2. The molecule has 0 bridgehead atoms. The van der Waals surface area contributed by atoms with Crippen molar-refractivity contribution < 1.29 is 0 Å². The third-order valence-electron chi connectivity index (χ3n) is 2.84. The van der Waals surface area contributed by atoms with E-state index in [-0.39, 0.29) is 0 Å². The van der Waals surface area contributed by atoms with Gasteiger partial charge in [0.15, 0.2) is 0 Å². The van der Waals surface area contributed by atoms with Crippen molar-refractivity contribution in [3.8, 4) is 0 Å². The molecule has 3 heteroatoms. The highest BCUT2D eigenvalue weighted by atomic mass is 35.5. The van der Waals surface area contributed by atoms with Crippen LogP contribution >= 0.6 is 23.2 Å². The van der Waals surface area contributed by atoms with Crippen molar-refractivity contribution in [1.82, 2.24) is 5.32 Å². The first-order valence-electron chi connectivity index (χ1n) is 5.32. The molecule has 1 aliphatic rings. The minimum atomic E-state index is 0.734. The van der Waals surface area contributed by atoms with E-state index in [1.54, 1.807) is 6.07 Å². The highest BCUT2D eigenvalue weighted by Crippen LogP contribution is 2.24. The van der Waals surface area contributed by atoms with Gasteiger partial charge in [-0.1, -0.05) is 23.2 Å². The van der Waals surface area contributed by atoms with Gasteiger partial charge < -0.3 is 0 Å². The second kappa shape index (κ2) is 5.20. The Hall–Kier alpha value is -0.240. The minimum absolute atomic E-state index is 0.734. The van der Waals surface area contributed by atoms with Crippen LogP contribution in [0.3, 0.4) is 0 Å². The van der Waals surface area contributed by atoms with Crippen LogP contribution in [0.5, 0.6) is 0 Å². The van der Waals surface area contributed by atoms with Crippen LogP contribution in [0, 0.1) is 5.92 Å². The summed E-state index contributed by atoms with van der Waals surface area (Å²) in [6, 6.07) is 5.81. The summed E-state index contributed by atoms with van der Waals surface area (Å²) in [5.41, 5.74) is 1.25. The molecule has 1 aromatic carbocycles. The number of benzene rings is 1. The normalized spacial score (nSPS) is 18.0. The zero-order valence-electron chi connectivity index (χ0n) is 8.55. The largest absolute Gasteiger partial charge is 0.242 e. The Bertz CT molecular complexity index is 312. The van der Waals surface area contributed by atoms with E-state index in [2.05, 4.69) is 5.32 Å². The molecule has 1 nitrogen and oxygen atoms in total. The van der Waals surface area contributed by atoms with Crippen molar-refractivity contribution in [2.45, 2.75) is 19.3 Å². The van der Waals surface area contributed by atoms with E-state index in [0.717, 1.165) is 35.5 Å². The molecule has 15 heavy (non-hydrogen) atoms. The monoisotopic (exact) mass is 242 g/mol. The number of halogens is 2. The maximum atomic E-state index is 5.96. The summed E-state index contributed by atoms with van der Waals surface area (Å²) >= 11 is 11.9. The quantitative estimate of drug-likeness (QED) is 0.754. The number of rotatable bonds is 2. The Morgan fingerprint density at radius 2 is 1.67 bits per heavy atom. The molecule has 0 N–H and O–H groups in total. The molecule has 1 saturated heterocycles. The summed E-state index contributed by atoms with van der Waals surface area (Å²) in [4.78, 5) is 0. The fourth-order valence-corrected chi connectivity index (χ4v) is 2.64. The molecule has 0 amide bonds. The number of hydrogen-bond acceptors (Lipinski definition) is 0. The van der Waals surface area contributed by atoms with Crippen molar-refractivity contribution in [1.29, 1.82) is 0 Å². The zero-order chi connectivity index (χ0) is 10.7. The van der Waals surface area contributed by atoms with Gasteiger partial charge in [0.1, 0.15) is 0 Å². The average Bonchev–Trinajstić information content (AvgIpc) is 2.17. The van der Waals surface area contributed by atoms with Crippen LogP contribution < -0.4 is 5.32 Å². The molecule has 81 valence electrons. The highest BCUT2D eigenvalue weighted by Gasteiger charge is 2.14. The third-order valence-corrected chi connectivity index (χ3v) is 3.27. The second-order valence-corrected chi connectivity index (χ2v) is 4.97. The van der Waals surface area contributed by atoms with Crippen molar-refractivity contribution in [3.63, 3.8) is 0 Å². The van der Waals surface area contributed by atoms with E-state index in [0.29, 0.717) is 0 Å². The fraction of sp³-hybridized carbons (Fsp3) is 0.500. The Morgan fingerprint density at radius 3 is 2.27 bits per heavy atom. The van der Waals surface area contributed by atoms with Gasteiger partial charge in [0.05, 0.1) is 0 Å². The predicted octanol–water partition coefficient (Wildman–Crippen LogP) is 3.55. The van der Waals surface area contributed by atoms with Gasteiger partial charge in [-0.3, -0.25) is 0 Å². The molecule has 0 saturated carbocycles. The molecule has 1 aliphatic heterocycles. The number of nitrogens with zero attached hydrogens (tertiary/aromatic N) is 1. The van der Waals surface area contributed by atoms with Gasteiger partial charge in [-0.15, -0.1) is 0 Å². The first kappa shape index (κ1) is 11.3. The van der Waals surface area contributed by atoms with Crippen LogP contribution in [0.1, 0.15) is 18.4 Å². The summed E-state index contributed by atoms with van der Waals surface area (Å²) in [6.45, 7) is 2.03. The van der Waals surface area contributed by atoms with E-state index in [4.69, 9.17) is 23.2 Å². The van der Waals surface area contributed by atoms with Crippen LogP contribution in [0.2, 0.25) is 10.0 Å². The van der Waals surface area contributed by atoms with Gasteiger partial charge in [0.25, 0.3) is 0 Å². The summed E-state index contributed by atoms with van der Waals surface area (Å²) in [5.74, 6) is 0.747. The third kappa shape index (κ3) is 3.37. The molecule has 0 spiro atoms. The van der Waals surface area contributed by atoms with Gasteiger partial charge in [-0.2, -0.15) is 0 Å². The van der Waals surface area contributed by atoms with Gasteiger partial charge >= 0.3 is 0 Å². The van der Waals surface area contributed by atoms with Crippen LogP contribution in [-0.2, 0) is 6.42 Å². The Kier molecular flexibility index (Phi) is 3.90. The van der Waals surface area contributed by atoms with E-state index in [9.17, 15) is 0 Å². The first-order valence-corrected chi connectivity index (χ1v) is 6.08. The van der Waals surface area contributed by atoms with E-state index < -0.39 is 0 Å². The lowest BCUT2D eigenvalue weighted by Crippen LogP contribution is -2.23. The average molecular weight is 243 g/mol. The van der Waals surface area contributed by atoms with Gasteiger partial charge in [-0.25, -0.2) is 5.32 Å². The molecule has 0 unspecified atom stereocenters. The Morgan fingerprint density at radius 1 is 1.07 bits per heavy atom. The summed E-state index contributed by atoms with van der Waals surface area (Å²) < 4.78 is 0. The smallest absolute Gasteiger partial charge is 0.0423 e. The van der Waals surface area contributed by atoms with Crippen molar-refractivity contribution in [2.24, 2.45) is 5.92 Å². The molecule has 0 atom stereocenters. The van der Waals surface area contributed by atoms with Crippen molar-refractivity contribution in [2.75, 3.05) is 13.1 Å². The van der Waals surface area contributed by atoms with Crippen molar-refractivity contribution in [3.05, 3.63) is 33.8 Å². The molecular formula is C12H14Cl2N. The summed E-state index contributed by atoms with van der Waals surface area (Å²) in [7, 11) is 0. The van der Waals surface area contributed by atoms with E-state index in [1.165, 1.54) is 18.4 Å². The predicted molar refractivity (Wildman–Crippen MR) is 64.8 cm³/mol. The zero-order valence-corrected chi connectivity index (χ0v) is 10.1. The summed E-state index contributed by atoms with van der Waals surface area (Å²) in [5, 5.41) is 5.82. The lowest BCUT2D eigenvalue weighted by Gasteiger charge is -2.21. The molecule has 1 radical (unpaired) electrons. The highest BCUT2D eigenvalue weighted by molar-refractivity contribution is 6.34.